The van der Waals surface area contributed by atoms with E-state index >= 15 is 0 Å². The Balaban J connectivity index is 1.80. The Kier molecular flexibility index (Phi) is 4.80. The van der Waals surface area contributed by atoms with Crippen molar-refractivity contribution in [3.05, 3.63) is 40.3 Å². The number of terminal acetylenes is 1. The molecule has 0 saturated carbocycles. The minimum atomic E-state index is -0.478. The molecule has 0 bridgehead atoms. The highest BCUT2D eigenvalue weighted by Gasteiger charge is 2.30. The second-order valence-electron chi connectivity index (χ2n) is 5.81. The van der Waals surface area contributed by atoms with Crippen LogP contribution in [-0.2, 0) is 27.5 Å². The lowest BCUT2D eigenvalue weighted by Gasteiger charge is -2.14. The second kappa shape index (κ2) is 7.19. The highest BCUT2D eigenvalue weighted by atomic mass is 16.2. The van der Waals surface area contributed by atoms with Crippen LogP contribution in [0, 0.1) is 12.3 Å². The average Bonchev–Trinajstić information content (AvgIpc) is 2.95. The topological polar surface area (TPSA) is 101 Å². The van der Waals surface area contributed by atoms with Crippen molar-refractivity contribution in [3.63, 3.8) is 0 Å². The molecular weight excluding hydrogens is 336 g/mol. The molecule has 1 N–H and O–H groups in total. The van der Waals surface area contributed by atoms with E-state index in [0.717, 1.165) is 9.58 Å². The van der Waals surface area contributed by atoms with Crippen molar-refractivity contribution in [3.8, 4) is 12.3 Å². The zero-order valence-corrected chi connectivity index (χ0v) is 13.9. The summed E-state index contributed by atoms with van der Waals surface area (Å²) in [6.45, 7) is -0.262. The molecule has 8 heteroatoms. The molecule has 1 aliphatic rings. The second-order valence-corrected chi connectivity index (χ2v) is 5.81. The molecule has 2 heterocycles. The van der Waals surface area contributed by atoms with Gasteiger partial charge in [0.2, 0.25) is 17.7 Å². The summed E-state index contributed by atoms with van der Waals surface area (Å²) in [4.78, 5) is 48.5. The summed E-state index contributed by atoms with van der Waals surface area (Å²) >= 11 is 0. The summed E-state index contributed by atoms with van der Waals surface area (Å²) in [6, 6.07) is 6.90. The largest absolute Gasteiger partial charge is 0.349 e. The molecule has 0 aliphatic carbocycles. The van der Waals surface area contributed by atoms with E-state index in [0.29, 0.717) is 16.5 Å². The van der Waals surface area contributed by atoms with Crippen LogP contribution in [0.3, 0.4) is 0 Å². The van der Waals surface area contributed by atoms with Gasteiger partial charge in [0.15, 0.2) is 0 Å². The van der Waals surface area contributed by atoms with E-state index in [9.17, 15) is 19.2 Å². The van der Waals surface area contributed by atoms with Crippen LogP contribution in [0.1, 0.15) is 18.5 Å². The van der Waals surface area contributed by atoms with Gasteiger partial charge in [-0.2, -0.15) is 5.10 Å². The fourth-order valence-corrected chi connectivity index (χ4v) is 2.81. The monoisotopic (exact) mass is 352 g/mol. The van der Waals surface area contributed by atoms with Gasteiger partial charge >= 0.3 is 0 Å². The first-order chi connectivity index (χ1) is 12.5. The van der Waals surface area contributed by atoms with Crippen LogP contribution < -0.4 is 10.9 Å². The Labute approximate surface area is 148 Å². The number of rotatable bonds is 5. The van der Waals surface area contributed by atoms with Crippen molar-refractivity contribution >= 4 is 28.5 Å². The third-order valence-electron chi connectivity index (χ3n) is 4.09. The van der Waals surface area contributed by atoms with Crippen LogP contribution in [0.15, 0.2) is 29.1 Å². The van der Waals surface area contributed by atoms with Gasteiger partial charge in [0, 0.05) is 18.2 Å². The smallest absolute Gasteiger partial charge is 0.275 e. The van der Waals surface area contributed by atoms with Crippen LogP contribution in [0.25, 0.3) is 10.8 Å². The molecule has 132 valence electrons. The number of nitrogens with one attached hydrogen (secondary N) is 1. The first-order valence-corrected chi connectivity index (χ1v) is 8.03. The molecule has 1 aliphatic heterocycles. The lowest BCUT2D eigenvalue weighted by atomic mass is 10.1. The number of amides is 3. The Bertz CT molecular complexity index is 986. The molecule has 1 aromatic heterocycles. The van der Waals surface area contributed by atoms with Crippen LogP contribution in [0.2, 0.25) is 0 Å². The quantitative estimate of drug-likeness (QED) is 0.593. The highest BCUT2D eigenvalue weighted by molar-refractivity contribution is 6.04. The Morgan fingerprint density at radius 3 is 2.46 bits per heavy atom. The van der Waals surface area contributed by atoms with Gasteiger partial charge in [0.1, 0.15) is 13.1 Å². The molecule has 2 aromatic rings. The van der Waals surface area contributed by atoms with Gasteiger partial charge in [-0.05, 0) is 6.07 Å². The van der Waals surface area contributed by atoms with Crippen LogP contribution in [0.4, 0.5) is 0 Å². The molecule has 0 atom stereocenters. The number of imide groups is 1. The van der Waals surface area contributed by atoms with E-state index in [1.54, 1.807) is 24.3 Å². The number of nitrogens with zero attached hydrogens (tertiary/aromatic N) is 3. The molecule has 1 aromatic carbocycles. The molecule has 3 amide bonds. The zero-order chi connectivity index (χ0) is 18.7. The fourth-order valence-electron chi connectivity index (χ4n) is 2.81. The third kappa shape index (κ3) is 3.32. The Morgan fingerprint density at radius 1 is 1.15 bits per heavy atom. The molecule has 8 nitrogen and oxygen atoms in total. The van der Waals surface area contributed by atoms with Crippen LogP contribution >= 0.6 is 0 Å². The van der Waals surface area contributed by atoms with Gasteiger partial charge in [-0.25, -0.2) is 4.68 Å². The van der Waals surface area contributed by atoms with Gasteiger partial charge in [0.25, 0.3) is 5.56 Å². The van der Waals surface area contributed by atoms with E-state index in [1.807, 2.05) is 0 Å². The molecule has 3 rings (SSSR count). The standard InChI is InChI=1S/C18H16N4O4/c1-2-9-22-18(26)13-6-4-3-5-12(13)14(20-22)10-19-15(23)11-21-16(24)7-8-17(21)25/h1,3-6H,7-11H2,(H,19,23). The maximum atomic E-state index is 12.3. The number of hydrogen-bond acceptors (Lipinski definition) is 5. The Morgan fingerprint density at radius 2 is 1.81 bits per heavy atom. The maximum absolute atomic E-state index is 12.3. The minimum Gasteiger partial charge on any atom is -0.349 e. The van der Waals surface area contributed by atoms with E-state index in [4.69, 9.17) is 6.42 Å². The van der Waals surface area contributed by atoms with Gasteiger partial charge < -0.3 is 5.32 Å². The molecule has 0 spiro atoms. The molecule has 1 saturated heterocycles. The third-order valence-corrected chi connectivity index (χ3v) is 4.09. The van der Waals surface area contributed by atoms with Gasteiger partial charge in [0.05, 0.1) is 17.6 Å². The first kappa shape index (κ1) is 17.4. The number of hydrogen-bond donors (Lipinski definition) is 1. The Hall–Kier alpha value is -3.47. The van der Waals surface area contributed by atoms with Crippen molar-refractivity contribution in [2.24, 2.45) is 0 Å². The summed E-state index contributed by atoms with van der Waals surface area (Å²) in [6.07, 6.45) is 5.54. The van der Waals surface area contributed by atoms with Crippen molar-refractivity contribution in [2.75, 3.05) is 6.54 Å². The van der Waals surface area contributed by atoms with Crippen molar-refractivity contribution in [1.82, 2.24) is 20.0 Å². The average molecular weight is 352 g/mol. The molecular formula is C18H16N4O4. The van der Waals surface area contributed by atoms with Gasteiger partial charge in [-0.15, -0.1) is 6.42 Å². The molecule has 26 heavy (non-hydrogen) atoms. The number of aromatic nitrogens is 2. The minimum absolute atomic E-state index is 0.0153. The van der Waals surface area contributed by atoms with Crippen molar-refractivity contribution in [1.29, 1.82) is 0 Å². The van der Waals surface area contributed by atoms with Crippen LogP contribution in [-0.4, -0.2) is 38.9 Å². The number of fused-ring (bicyclic) bond motifs is 1. The summed E-state index contributed by atoms with van der Waals surface area (Å²) in [5.74, 6) is 1.19. The summed E-state index contributed by atoms with van der Waals surface area (Å²) in [5, 5.41) is 7.92. The lowest BCUT2D eigenvalue weighted by molar-refractivity contribution is -0.142. The number of likely N-dealkylation sites (tertiary alicyclic amines) is 1. The first-order valence-electron chi connectivity index (χ1n) is 8.03. The predicted molar refractivity (Wildman–Crippen MR) is 92.6 cm³/mol. The van der Waals surface area contributed by atoms with E-state index in [1.165, 1.54) is 0 Å². The van der Waals surface area contributed by atoms with Crippen LogP contribution in [0.5, 0.6) is 0 Å². The maximum Gasteiger partial charge on any atom is 0.275 e. The zero-order valence-electron chi connectivity index (χ0n) is 13.9. The molecule has 1 fully saturated rings. The van der Waals surface area contributed by atoms with Gasteiger partial charge in [-0.3, -0.25) is 24.1 Å². The summed E-state index contributed by atoms with van der Waals surface area (Å²) in [7, 11) is 0. The van der Waals surface area contributed by atoms with E-state index < -0.39 is 5.91 Å². The lowest BCUT2D eigenvalue weighted by Crippen LogP contribution is -2.40. The van der Waals surface area contributed by atoms with Crippen molar-refractivity contribution in [2.45, 2.75) is 25.9 Å². The molecule has 0 radical (unpaired) electrons. The summed E-state index contributed by atoms with van der Waals surface area (Å²) < 4.78 is 1.16. The molecule has 0 unspecified atom stereocenters. The number of carbonyl (C=O) groups excluding carboxylic acids is 3. The SMILES string of the molecule is C#CCn1nc(CNC(=O)CN2C(=O)CCC2=O)c2ccccc2c1=O. The van der Waals surface area contributed by atoms with Crippen molar-refractivity contribution < 1.29 is 14.4 Å². The highest BCUT2D eigenvalue weighted by Crippen LogP contribution is 2.13. The summed E-state index contributed by atoms with van der Waals surface area (Å²) in [5.41, 5.74) is 0.171. The fraction of sp³-hybridized carbons (Fsp3) is 0.278. The van der Waals surface area contributed by atoms with E-state index in [-0.39, 0.29) is 49.8 Å². The normalized spacial score (nSPS) is 13.9. The predicted octanol–water partition coefficient (Wildman–Crippen LogP) is -0.205. The number of benzene rings is 1. The van der Waals surface area contributed by atoms with E-state index in [2.05, 4.69) is 16.3 Å². The number of carbonyl (C=O) groups is 3. The van der Waals surface area contributed by atoms with Gasteiger partial charge in [-0.1, -0.05) is 24.1 Å².